The van der Waals surface area contributed by atoms with E-state index in [-0.39, 0.29) is 24.5 Å². The molecule has 1 aromatic rings. The van der Waals surface area contributed by atoms with Crippen LogP contribution in [0.15, 0.2) is 0 Å². The summed E-state index contributed by atoms with van der Waals surface area (Å²) in [7, 11) is 3.03. The van der Waals surface area contributed by atoms with Crippen molar-refractivity contribution >= 4 is 17.8 Å². The normalized spacial score (nSPS) is 16.3. The topological polar surface area (TPSA) is 89.9 Å². The first-order valence-corrected chi connectivity index (χ1v) is 9.23. The molecule has 0 radical (unpaired) electrons. The lowest BCUT2D eigenvalue weighted by molar-refractivity contribution is 0.0588. The van der Waals surface area contributed by atoms with E-state index < -0.39 is 5.97 Å². The monoisotopic (exact) mass is 379 g/mol. The summed E-state index contributed by atoms with van der Waals surface area (Å²) in [4.78, 5) is 39.0. The van der Waals surface area contributed by atoms with Gasteiger partial charge in [-0.15, -0.1) is 0 Å². The average Bonchev–Trinajstić information content (AvgIpc) is 3.21. The number of ketones is 1. The van der Waals surface area contributed by atoms with Crippen LogP contribution in [0, 0.1) is 13.8 Å². The molecule has 27 heavy (non-hydrogen) atoms. The zero-order valence-electron chi connectivity index (χ0n) is 16.8. The smallest absolute Gasteiger partial charge is 0.354 e. The highest BCUT2D eigenvalue weighted by atomic mass is 16.5. The highest BCUT2D eigenvalue weighted by Gasteiger charge is 2.29. The van der Waals surface area contributed by atoms with Gasteiger partial charge in [0.05, 0.1) is 19.8 Å². The number of hydrogen-bond acceptors (Lipinski definition) is 5. The largest absolute Gasteiger partial charge is 0.464 e. The van der Waals surface area contributed by atoms with Crippen molar-refractivity contribution in [2.45, 2.75) is 39.7 Å². The Balaban J connectivity index is 2.26. The molecule has 2 rings (SSSR count). The van der Waals surface area contributed by atoms with Gasteiger partial charge in [-0.2, -0.15) is 0 Å². The van der Waals surface area contributed by atoms with Crippen molar-refractivity contribution in [3.63, 3.8) is 0 Å². The van der Waals surface area contributed by atoms with Crippen LogP contribution in [0.3, 0.4) is 0 Å². The number of hydrogen-bond donors (Lipinski definition) is 1. The van der Waals surface area contributed by atoms with Gasteiger partial charge in [0.25, 0.3) is 0 Å². The second kappa shape index (κ2) is 9.03. The first-order valence-electron chi connectivity index (χ1n) is 9.23. The minimum absolute atomic E-state index is 0.0518. The molecule has 0 saturated carbocycles. The fraction of sp³-hybridized carbons (Fsp3) is 0.632. The van der Waals surface area contributed by atoms with Crippen molar-refractivity contribution in [3.8, 4) is 0 Å². The Bertz CT molecular complexity index is 719. The lowest BCUT2D eigenvalue weighted by atomic mass is 10.0. The number of amides is 2. The van der Waals surface area contributed by atoms with Gasteiger partial charge in [0.1, 0.15) is 5.69 Å². The lowest BCUT2D eigenvalue weighted by Gasteiger charge is -2.25. The van der Waals surface area contributed by atoms with Crippen molar-refractivity contribution in [1.82, 2.24) is 14.8 Å². The number of ether oxygens (including phenoxy) is 2. The van der Waals surface area contributed by atoms with Gasteiger partial charge < -0.3 is 24.3 Å². The summed E-state index contributed by atoms with van der Waals surface area (Å²) >= 11 is 0. The van der Waals surface area contributed by atoms with E-state index in [1.54, 1.807) is 25.5 Å². The van der Waals surface area contributed by atoms with Gasteiger partial charge in [-0.25, -0.2) is 9.59 Å². The fourth-order valence-electron chi connectivity index (χ4n) is 3.54. The summed E-state index contributed by atoms with van der Waals surface area (Å²) in [6, 6.07) is -0.291. The van der Waals surface area contributed by atoms with Crippen molar-refractivity contribution in [1.29, 1.82) is 0 Å². The lowest BCUT2D eigenvalue weighted by Crippen LogP contribution is -2.46. The molecule has 1 aromatic heterocycles. The van der Waals surface area contributed by atoms with E-state index in [0.717, 1.165) is 12.8 Å². The Morgan fingerprint density at radius 2 is 2.04 bits per heavy atom. The van der Waals surface area contributed by atoms with Crippen LogP contribution in [-0.2, 0) is 16.5 Å². The standard InChI is InChI=1S/C19H29N3O5/c1-6-20-19(25)22(10-14-8-7-9-27-14)11-15(23)16-12(2)17(18(24)26-5)21(4)13(16)3/h14H,6-11H2,1-5H3,(H,20,25). The Hall–Kier alpha value is -2.35. The Morgan fingerprint density at radius 3 is 2.59 bits per heavy atom. The predicted molar refractivity (Wildman–Crippen MR) is 100 cm³/mol. The van der Waals surface area contributed by atoms with Crippen molar-refractivity contribution in [3.05, 3.63) is 22.5 Å². The highest BCUT2D eigenvalue weighted by molar-refractivity contribution is 6.04. The van der Waals surface area contributed by atoms with Crippen LogP contribution in [-0.4, -0.2) is 66.7 Å². The van der Waals surface area contributed by atoms with E-state index in [9.17, 15) is 14.4 Å². The van der Waals surface area contributed by atoms with Crippen LogP contribution in [0.4, 0.5) is 4.79 Å². The molecule has 1 fully saturated rings. The maximum atomic E-state index is 13.0. The maximum Gasteiger partial charge on any atom is 0.354 e. The minimum Gasteiger partial charge on any atom is -0.464 e. The number of aromatic nitrogens is 1. The molecule has 0 spiro atoms. The molecule has 0 bridgehead atoms. The van der Waals surface area contributed by atoms with E-state index in [1.165, 1.54) is 12.0 Å². The number of rotatable bonds is 7. The number of nitrogens with one attached hydrogen (secondary N) is 1. The van der Waals surface area contributed by atoms with Gasteiger partial charge in [-0.05, 0) is 39.2 Å². The summed E-state index contributed by atoms with van der Waals surface area (Å²) < 4.78 is 12.1. The molecule has 1 N–H and O–H groups in total. The number of urea groups is 1. The maximum absolute atomic E-state index is 13.0. The van der Waals surface area contributed by atoms with Crippen LogP contribution < -0.4 is 5.32 Å². The minimum atomic E-state index is -0.489. The Labute approximate surface area is 159 Å². The molecule has 1 unspecified atom stereocenters. The summed E-state index contributed by atoms with van der Waals surface area (Å²) in [6.07, 6.45) is 1.78. The highest BCUT2D eigenvalue weighted by Crippen LogP contribution is 2.23. The Kier molecular flexibility index (Phi) is 7.01. The molecule has 1 aliphatic heterocycles. The predicted octanol–water partition coefficient (Wildman–Crippen LogP) is 1.82. The number of Topliss-reactive ketones (excluding diaryl/α,β-unsaturated/α-hetero) is 1. The van der Waals surface area contributed by atoms with Crippen LogP contribution in [0.1, 0.15) is 51.9 Å². The van der Waals surface area contributed by atoms with E-state index in [2.05, 4.69) is 5.32 Å². The quantitative estimate of drug-likeness (QED) is 0.577. The van der Waals surface area contributed by atoms with Crippen molar-refractivity contribution < 1.29 is 23.9 Å². The summed E-state index contributed by atoms with van der Waals surface area (Å²) in [5.41, 5.74) is 2.05. The number of carbonyl (C=O) groups is 3. The van der Waals surface area contributed by atoms with Crippen LogP contribution in [0.25, 0.3) is 0 Å². The van der Waals surface area contributed by atoms with Gasteiger partial charge in [0, 0.05) is 38.0 Å². The first kappa shape index (κ1) is 21.0. The molecule has 150 valence electrons. The van der Waals surface area contributed by atoms with E-state index in [1.807, 2.05) is 6.92 Å². The average molecular weight is 379 g/mol. The van der Waals surface area contributed by atoms with E-state index in [4.69, 9.17) is 9.47 Å². The summed E-state index contributed by atoms with van der Waals surface area (Å²) in [5.74, 6) is -0.697. The van der Waals surface area contributed by atoms with Crippen molar-refractivity contribution in [2.75, 3.05) is 33.4 Å². The third-order valence-electron chi connectivity index (χ3n) is 4.99. The van der Waals surface area contributed by atoms with Gasteiger partial charge in [0.2, 0.25) is 0 Å². The molecule has 2 heterocycles. The SMILES string of the molecule is CCNC(=O)N(CC(=O)c1c(C)c(C(=O)OC)n(C)c1C)CC1CCCO1. The molecule has 1 atom stereocenters. The second-order valence-corrected chi connectivity index (χ2v) is 6.76. The molecule has 8 heteroatoms. The second-order valence-electron chi connectivity index (χ2n) is 6.76. The molecule has 2 amide bonds. The summed E-state index contributed by atoms with van der Waals surface area (Å²) in [6.45, 7) is 6.79. The van der Waals surface area contributed by atoms with Crippen LogP contribution in [0.5, 0.6) is 0 Å². The van der Waals surface area contributed by atoms with Crippen molar-refractivity contribution in [2.24, 2.45) is 7.05 Å². The van der Waals surface area contributed by atoms with Gasteiger partial charge >= 0.3 is 12.0 Å². The number of esters is 1. The van der Waals surface area contributed by atoms with E-state index in [0.29, 0.717) is 42.2 Å². The zero-order valence-corrected chi connectivity index (χ0v) is 16.8. The molecular formula is C19H29N3O5. The first-order chi connectivity index (χ1) is 12.8. The van der Waals surface area contributed by atoms with Gasteiger partial charge in [-0.1, -0.05) is 0 Å². The molecule has 1 aliphatic rings. The third kappa shape index (κ3) is 4.50. The third-order valence-corrected chi connectivity index (χ3v) is 4.99. The number of nitrogens with zero attached hydrogens (tertiary/aromatic N) is 2. The molecule has 8 nitrogen and oxygen atoms in total. The number of methoxy groups -OCH3 is 1. The zero-order chi connectivity index (χ0) is 20.1. The number of carbonyl (C=O) groups excluding carboxylic acids is 3. The van der Waals surface area contributed by atoms with Gasteiger partial charge in [0.15, 0.2) is 5.78 Å². The van der Waals surface area contributed by atoms with E-state index >= 15 is 0 Å². The van der Waals surface area contributed by atoms with Gasteiger partial charge in [-0.3, -0.25) is 4.79 Å². The van der Waals surface area contributed by atoms with Crippen LogP contribution >= 0.6 is 0 Å². The summed E-state index contributed by atoms with van der Waals surface area (Å²) in [5, 5.41) is 2.75. The molecule has 0 aliphatic carbocycles. The Morgan fingerprint density at radius 1 is 1.33 bits per heavy atom. The fourth-order valence-corrected chi connectivity index (χ4v) is 3.54. The van der Waals surface area contributed by atoms with Crippen LogP contribution in [0.2, 0.25) is 0 Å². The molecule has 0 aromatic carbocycles. The molecule has 1 saturated heterocycles. The molecular weight excluding hydrogens is 350 g/mol.